The number of nitrogens with zero attached hydrogens (tertiary/aromatic N) is 2. The van der Waals surface area contributed by atoms with Gasteiger partial charge in [0, 0.05) is 43.7 Å². The summed E-state index contributed by atoms with van der Waals surface area (Å²) < 4.78 is 13.1. The standard InChI is InChI=1S/C21H22FN3O2/c22-17-6-8-18(9-7-17)25-15-21(12-19(25)26)10-11-24(14-21)20(27)23-13-16-4-2-1-3-5-16/h1-9H,10-15H2,(H,23,27)/t21-/m0/s1. The molecule has 2 aliphatic heterocycles. The van der Waals surface area contributed by atoms with Gasteiger partial charge in [-0.3, -0.25) is 4.79 Å². The number of hydrogen-bond donors (Lipinski definition) is 1. The van der Waals surface area contributed by atoms with E-state index in [1.807, 2.05) is 30.3 Å². The van der Waals surface area contributed by atoms with Gasteiger partial charge in [0.2, 0.25) is 5.91 Å². The van der Waals surface area contributed by atoms with Gasteiger partial charge in [0.1, 0.15) is 5.82 Å². The van der Waals surface area contributed by atoms with Crippen LogP contribution in [0, 0.1) is 11.2 Å². The zero-order valence-electron chi connectivity index (χ0n) is 15.0. The summed E-state index contributed by atoms with van der Waals surface area (Å²) in [5.74, 6) is -0.282. The molecule has 0 bridgehead atoms. The number of halogens is 1. The Morgan fingerprint density at radius 1 is 1.07 bits per heavy atom. The fourth-order valence-corrected chi connectivity index (χ4v) is 4.02. The molecule has 1 spiro atoms. The van der Waals surface area contributed by atoms with Crippen LogP contribution in [-0.4, -0.2) is 36.5 Å². The van der Waals surface area contributed by atoms with Crippen LogP contribution in [0.2, 0.25) is 0 Å². The summed E-state index contributed by atoms with van der Waals surface area (Å²) in [6, 6.07) is 15.7. The van der Waals surface area contributed by atoms with Gasteiger partial charge in [-0.05, 0) is 36.2 Å². The van der Waals surface area contributed by atoms with Gasteiger partial charge in [-0.15, -0.1) is 0 Å². The highest BCUT2D eigenvalue weighted by atomic mass is 19.1. The van der Waals surface area contributed by atoms with Crippen molar-refractivity contribution in [1.82, 2.24) is 10.2 Å². The first-order valence-corrected chi connectivity index (χ1v) is 9.17. The molecule has 3 amide bonds. The monoisotopic (exact) mass is 367 g/mol. The Kier molecular flexibility index (Phi) is 4.56. The van der Waals surface area contributed by atoms with E-state index in [2.05, 4.69) is 5.32 Å². The molecule has 6 heteroatoms. The zero-order valence-corrected chi connectivity index (χ0v) is 15.0. The number of anilines is 1. The van der Waals surface area contributed by atoms with E-state index in [1.165, 1.54) is 12.1 Å². The van der Waals surface area contributed by atoms with E-state index in [1.54, 1.807) is 21.9 Å². The highest BCUT2D eigenvalue weighted by molar-refractivity contribution is 5.96. The Bertz CT molecular complexity index is 840. The van der Waals surface area contributed by atoms with Crippen molar-refractivity contribution in [2.75, 3.05) is 24.5 Å². The predicted molar refractivity (Wildman–Crippen MR) is 101 cm³/mol. The Morgan fingerprint density at radius 2 is 1.81 bits per heavy atom. The average Bonchev–Trinajstić information content (AvgIpc) is 3.24. The molecule has 2 saturated heterocycles. The largest absolute Gasteiger partial charge is 0.334 e. The summed E-state index contributed by atoms with van der Waals surface area (Å²) in [5.41, 5.74) is 1.55. The van der Waals surface area contributed by atoms with E-state index in [9.17, 15) is 14.0 Å². The molecule has 0 radical (unpaired) electrons. The molecule has 0 unspecified atom stereocenters. The van der Waals surface area contributed by atoms with Gasteiger partial charge in [-0.2, -0.15) is 0 Å². The number of carbonyl (C=O) groups is 2. The lowest BCUT2D eigenvalue weighted by atomic mass is 9.86. The van der Waals surface area contributed by atoms with Crippen molar-refractivity contribution < 1.29 is 14.0 Å². The molecule has 2 aromatic rings. The summed E-state index contributed by atoms with van der Waals surface area (Å²) in [7, 11) is 0. The molecule has 1 N–H and O–H groups in total. The highest BCUT2D eigenvalue weighted by Gasteiger charge is 2.48. The summed E-state index contributed by atoms with van der Waals surface area (Å²) in [5, 5.41) is 2.95. The maximum atomic E-state index is 13.1. The number of likely N-dealkylation sites (tertiary alicyclic amines) is 1. The third-order valence-electron chi connectivity index (χ3n) is 5.47. The molecular formula is C21H22FN3O2. The summed E-state index contributed by atoms with van der Waals surface area (Å²) >= 11 is 0. The number of nitrogens with one attached hydrogen (secondary N) is 1. The van der Waals surface area contributed by atoms with E-state index in [4.69, 9.17) is 0 Å². The van der Waals surface area contributed by atoms with Crippen molar-refractivity contribution >= 4 is 17.6 Å². The van der Waals surface area contributed by atoms with Crippen molar-refractivity contribution in [3.05, 3.63) is 66.0 Å². The lowest BCUT2D eigenvalue weighted by Gasteiger charge is -2.24. The molecule has 2 aromatic carbocycles. The Morgan fingerprint density at radius 3 is 2.56 bits per heavy atom. The van der Waals surface area contributed by atoms with E-state index < -0.39 is 0 Å². The van der Waals surface area contributed by atoms with E-state index in [0.717, 1.165) is 12.0 Å². The first-order chi connectivity index (χ1) is 13.0. The normalized spacial score (nSPS) is 21.9. The van der Waals surface area contributed by atoms with Crippen molar-refractivity contribution in [2.24, 2.45) is 5.41 Å². The van der Waals surface area contributed by atoms with Gasteiger partial charge < -0.3 is 15.1 Å². The van der Waals surface area contributed by atoms with Gasteiger partial charge in [0.15, 0.2) is 0 Å². The van der Waals surface area contributed by atoms with Gasteiger partial charge >= 0.3 is 6.03 Å². The van der Waals surface area contributed by atoms with Crippen LogP contribution in [0.4, 0.5) is 14.9 Å². The van der Waals surface area contributed by atoms with Crippen LogP contribution in [0.5, 0.6) is 0 Å². The predicted octanol–water partition coefficient (Wildman–Crippen LogP) is 3.16. The Labute approximate surface area is 157 Å². The second kappa shape index (κ2) is 7.02. The Balaban J connectivity index is 1.37. The lowest BCUT2D eigenvalue weighted by molar-refractivity contribution is -0.117. The minimum Gasteiger partial charge on any atom is -0.334 e. The molecule has 0 aliphatic carbocycles. The van der Waals surface area contributed by atoms with E-state index >= 15 is 0 Å². The quantitative estimate of drug-likeness (QED) is 0.906. The third kappa shape index (κ3) is 3.65. The molecule has 140 valence electrons. The van der Waals surface area contributed by atoms with Crippen LogP contribution < -0.4 is 10.2 Å². The minimum absolute atomic E-state index is 0.0353. The highest BCUT2D eigenvalue weighted by Crippen LogP contribution is 2.41. The molecule has 5 nitrogen and oxygen atoms in total. The van der Waals surface area contributed by atoms with Gasteiger partial charge in [-0.25, -0.2) is 9.18 Å². The summed E-state index contributed by atoms with van der Waals surface area (Å²) in [6.45, 7) is 2.27. The van der Waals surface area contributed by atoms with Crippen LogP contribution in [-0.2, 0) is 11.3 Å². The van der Waals surface area contributed by atoms with Crippen molar-refractivity contribution in [3.63, 3.8) is 0 Å². The number of carbonyl (C=O) groups excluding carboxylic acids is 2. The molecule has 27 heavy (non-hydrogen) atoms. The third-order valence-corrected chi connectivity index (χ3v) is 5.47. The minimum atomic E-state index is -0.317. The zero-order chi connectivity index (χ0) is 18.9. The van der Waals surface area contributed by atoms with Crippen LogP contribution in [0.15, 0.2) is 54.6 Å². The maximum Gasteiger partial charge on any atom is 0.317 e. The fraction of sp³-hybridized carbons (Fsp3) is 0.333. The first-order valence-electron chi connectivity index (χ1n) is 9.17. The molecule has 2 heterocycles. The molecule has 2 fully saturated rings. The molecule has 4 rings (SSSR count). The molecule has 0 aromatic heterocycles. The molecule has 2 aliphatic rings. The Hall–Kier alpha value is -2.89. The van der Waals surface area contributed by atoms with Gasteiger partial charge in [0.25, 0.3) is 0 Å². The lowest BCUT2D eigenvalue weighted by Crippen LogP contribution is -2.40. The number of urea groups is 1. The van der Waals surface area contributed by atoms with Gasteiger partial charge in [-0.1, -0.05) is 30.3 Å². The second-order valence-corrected chi connectivity index (χ2v) is 7.45. The number of amides is 3. The first kappa shape index (κ1) is 17.5. The molecule has 0 saturated carbocycles. The number of benzene rings is 2. The molecular weight excluding hydrogens is 345 g/mol. The van der Waals surface area contributed by atoms with Crippen LogP contribution >= 0.6 is 0 Å². The van der Waals surface area contributed by atoms with Gasteiger partial charge in [0.05, 0.1) is 0 Å². The van der Waals surface area contributed by atoms with Crippen molar-refractivity contribution in [1.29, 1.82) is 0 Å². The topological polar surface area (TPSA) is 52.7 Å². The van der Waals surface area contributed by atoms with Crippen LogP contribution in [0.1, 0.15) is 18.4 Å². The number of hydrogen-bond acceptors (Lipinski definition) is 2. The summed E-state index contributed by atoms with van der Waals surface area (Å²) in [4.78, 5) is 28.5. The van der Waals surface area contributed by atoms with E-state index in [-0.39, 0.29) is 23.2 Å². The van der Waals surface area contributed by atoms with Crippen LogP contribution in [0.25, 0.3) is 0 Å². The molecule has 1 atom stereocenters. The average molecular weight is 367 g/mol. The smallest absolute Gasteiger partial charge is 0.317 e. The SMILES string of the molecule is O=C(NCc1ccccc1)N1CC[C@]2(CC(=O)N(c3ccc(F)cc3)C2)C1. The van der Waals surface area contributed by atoms with E-state index in [0.29, 0.717) is 38.3 Å². The summed E-state index contributed by atoms with van der Waals surface area (Å²) in [6.07, 6.45) is 1.22. The van der Waals surface area contributed by atoms with Crippen molar-refractivity contribution in [3.8, 4) is 0 Å². The maximum absolute atomic E-state index is 13.1. The second-order valence-electron chi connectivity index (χ2n) is 7.45. The number of rotatable bonds is 3. The van der Waals surface area contributed by atoms with Crippen LogP contribution in [0.3, 0.4) is 0 Å². The fourth-order valence-electron chi connectivity index (χ4n) is 4.02. The van der Waals surface area contributed by atoms with Crippen molar-refractivity contribution in [2.45, 2.75) is 19.4 Å².